The van der Waals surface area contributed by atoms with E-state index in [0.717, 1.165) is 35.2 Å². The van der Waals surface area contributed by atoms with Crippen LogP contribution in [0.25, 0.3) is 10.2 Å². The van der Waals surface area contributed by atoms with E-state index in [1.807, 2.05) is 12.1 Å². The smallest absolute Gasteiger partial charge is 0.260 e. The molecule has 1 amide bonds. The van der Waals surface area contributed by atoms with Crippen LogP contribution in [0.2, 0.25) is 0 Å². The van der Waals surface area contributed by atoms with Gasteiger partial charge in [-0.2, -0.15) is 0 Å². The minimum atomic E-state index is -0.120. The van der Waals surface area contributed by atoms with Gasteiger partial charge in [-0.1, -0.05) is 6.92 Å². The van der Waals surface area contributed by atoms with Crippen LogP contribution in [-0.2, 0) is 24.2 Å². The maximum atomic E-state index is 12.4. The first-order valence-electron chi connectivity index (χ1n) is 8.76. The monoisotopic (exact) mass is 371 g/mol. The van der Waals surface area contributed by atoms with Crippen molar-refractivity contribution in [3.05, 3.63) is 40.9 Å². The Hall–Kier alpha value is -2.41. The van der Waals surface area contributed by atoms with E-state index in [2.05, 4.69) is 16.9 Å². The number of aryl methyl sites for hydroxylation is 1. The maximum Gasteiger partial charge on any atom is 0.260 e. The number of thiophene rings is 1. The number of carbonyl (C=O) groups is 1. The van der Waals surface area contributed by atoms with Crippen LogP contribution < -0.4 is 4.74 Å². The number of likely N-dealkylation sites (N-methyl/N-ethyl adjacent to an activating group) is 1. The summed E-state index contributed by atoms with van der Waals surface area (Å²) in [7, 11) is 1.73. The van der Waals surface area contributed by atoms with E-state index in [4.69, 9.17) is 9.15 Å². The zero-order valence-corrected chi connectivity index (χ0v) is 15.7. The summed E-state index contributed by atoms with van der Waals surface area (Å²) >= 11 is 1.72. The topological polar surface area (TPSA) is 68.5 Å². The number of hydrogen-bond donors (Lipinski definition) is 0. The molecule has 1 aliphatic rings. The van der Waals surface area contributed by atoms with E-state index in [-0.39, 0.29) is 12.5 Å². The lowest BCUT2D eigenvalue weighted by atomic mass is 9.89. The van der Waals surface area contributed by atoms with E-state index in [1.54, 1.807) is 29.5 Å². The molecule has 3 heterocycles. The fraction of sp³-hybridized carbons (Fsp3) is 0.421. The number of nitrogens with zero attached hydrogens (tertiary/aromatic N) is 3. The maximum absolute atomic E-state index is 12.4. The third kappa shape index (κ3) is 3.31. The summed E-state index contributed by atoms with van der Waals surface area (Å²) in [5.74, 6) is 1.84. The van der Waals surface area contributed by atoms with Gasteiger partial charge in [0, 0.05) is 11.9 Å². The van der Waals surface area contributed by atoms with E-state index in [9.17, 15) is 4.79 Å². The number of fused-ring (bicyclic) bond motifs is 3. The number of aromatic nitrogens is 2. The molecule has 0 spiro atoms. The quantitative estimate of drug-likeness (QED) is 0.687. The third-order valence-corrected chi connectivity index (χ3v) is 5.95. The highest BCUT2D eigenvalue weighted by Crippen LogP contribution is 2.40. The van der Waals surface area contributed by atoms with Crippen LogP contribution in [-0.4, -0.2) is 34.4 Å². The van der Waals surface area contributed by atoms with Crippen molar-refractivity contribution in [2.45, 2.75) is 32.7 Å². The van der Waals surface area contributed by atoms with Gasteiger partial charge in [0.15, 0.2) is 6.61 Å². The lowest BCUT2D eigenvalue weighted by Crippen LogP contribution is -2.31. The molecule has 3 aromatic heterocycles. The molecule has 136 valence electrons. The van der Waals surface area contributed by atoms with Crippen molar-refractivity contribution in [1.82, 2.24) is 14.9 Å². The Kier molecular flexibility index (Phi) is 4.63. The molecule has 3 aromatic rings. The van der Waals surface area contributed by atoms with Gasteiger partial charge in [0.1, 0.15) is 16.9 Å². The number of ether oxygens (including phenoxy) is 1. The first-order chi connectivity index (χ1) is 12.6. The fourth-order valence-corrected chi connectivity index (χ4v) is 4.66. The number of hydrogen-bond acceptors (Lipinski definition) is 6. The summed E-state index contributed by atoms with van der Waals surface area (Å²) in [6.07, 6.45) is 6.38. The second-order valence-electron chi connectivity index (χ2n) is 6.83. The fourth-order valence-electron chi connectivity index (χ4n) is 3.32. The molecule has 1 atom stereocenters. The first-order valence-corrected chi connectivity index (χ1v) is 9.58. The van der Waals surface area contributed by atoms with Crippen molar-refractivity contribution in [2.75, 3.05) is 13.7 Å². The second kappa shape index (κ2) is 7.07. The minimum absolute atomic E-state index is 0.0512. The van der Waals surface area contributed by atoms with Crippen LogP contribution in [0.3, 0.4) is 0 Å². The largest absolute Gasteiger partial charge is 0.467 e. The van der Waals surface area contributed by atoms with Gasteiger partial charge in [0.05, 0.1) is 18.2 Å². The molecule has 0 aliphatic heterocycles. The SMILES string of the molecule is CC1CCc2c(sc3ncnc(OCC(=O)N(C)Cc4ccco4)c23)C1. The predicted octanol–water partition coefficient (Wildman–Crippen LogP) is 3.45. The van der Waals surface area contributed by atoms with Crippen LogP contribution in [0.4, 0.5) is 0 Å². The summed E-state index contributed by atoms with van der Waals surface area (Å²) in [4.78, 5) is 25.0. The highest BCUT2D eigenvalue weighted by molar-refractivity contribution is 7.18. The number of rotatable bonds is 5. The van der Waals surface area contributed by atoms with Crippen LogP contribution in [0.1, 0.15) is 29.5 Å². The van der Waals surface area contributed by atoms with Crippen molar-refractivity contribution in [3.63, 3.8) is 0 Å². The summed E-state index contributed by atoms with van der Waals surface area (Å²) < 4.78 is 11.1. The standard InChI is InChI=1S/C19H21N3O3S/c1-12-5-6-14-15(8-12)26-19-17(14)18(20-11-21-19)25-10-16(23)22(2)9-13-4-3-7-24-13/h3-4,7,11-12H,5-6,8-10H2,1-2H3. The highest BCUT2D eigenvalue weighted by atomic mass is 32.1. The molecular weight excluding hydrogens is 350 g/mol. The molecule has 26 heavy (non-hydrogen) atoms. The molecule has 0 fully saturated rings. The van der Waals surface area contributed by atoms with Gasteiger partial charge in [-0.3, -0.25) is 4.79 Å². The van der Waals surface area contributed by atoms with E-state index >= 15 is 0 Å². The van der Waals surface area contributed by atoms with Crippen LogP contribution in [0, 0.1) is 5.92 Å². The summed E-state index contributed by atoms with van der Waals surface area (Å²) in [6.45, 7) is 2.65. The first kappa shape index (κ1) is 17.0. The minimum Gasteiger partial charge on any atom is -0.467 e. The van der Waals surface area contributed by atoms with Crippen molar-refractivity contribution < 1.29 is 13.9 Å². The van der Waals surface area contributed by atoms with Crippen molar-refractivity contribution in [2.24, 2.45) is 5.92 Å². The van der Waals surface area contributed by atoms with Gasteiger partial charge in [-0.25, -0.2) is 9.97 Å². The van der Waals surface area contributed by atoms with Gasteiger partial charge in [-0.15, -0.1) is 11.3 Å². The summed E-state index contributed by atoms with van der Waals surface area (Å²) in [5, 5.41) is 0.987. The molecule has 1 unspecified atom stereocenters. The molecule has 0 N–H and O–H groups in total. The van der Waals surface area contributed by atoms with Crippen molar-refractivity contribution in [3.8, 4) is 5.88 Å². The normalized spacial score (nSPS) is 16.5. The Morgan fingerprint density at radius 2 is 2.35 bits per heavy atom. The van der Waals surface area contributed by atoms with E-state index in [0.29, 0.717) is 18.3 Å². The third-order valence-electron chi connectivity index (χ3n) is 4.79. The molecule has 1 aliphatic carbocycles. The second-order valence-corrected chi connectivity index (χ2v) is 7.91. The Bertz CT molecular complexity index is 920. The average Bonchev–Trinajstić information content (AvgIpc) is 3.26. The predicted molar refractivity (Wildman–Crippen MR) is 99.3 cm³/mol. The number of amides is 1. The van der Waals surface area contributed by atoms with Gasteiger partial charge in [0.2, 0.25) is 5.88 Å². The summed E-state index contributed by atoms with van der Waals surface area (Å²) in [6, 6.07) is 3.65. The van der Waals surface area contributed by atoms with Gasteiger partial charge in [0.25, 0.3) is 5.91 Å². The summed E-state index contributed by atoms with van der Waals surface area (Å²) in [5.41, 5.74) is 1.30. The molecule has 0 saturated heterocycles. The van der Waals surface area contributed by atoms with Gasteiger partial charge in [-0.05, 0) is 42.9 Å². The van der Waals surface area contributed by atoms with Crippen LogP contribution >= 0.6 is 11.3 Å². The number of carbonyl (C=O) groups excluding carboxylic acids is 1. The van der Waals surface area contributed by atoms with Gasteiger partial charge < -0.3 is 14.1 Å². The van der Waals surface area contributed by atoms with Gasteiger partial charge >= 0.3 is 0 Å². The molecule has 4 rings (SSSR count). The van der Waals surface area contributed by atoms with Crippen LogP contribution in [0.5, 0.6) is 5.88 Å². The number of furan rings is 1. The van der Waals surface area contributed by atoms with Crippen LogP contribution in [0.15, 0.2) is 29.1 Å². The average molecular weight is 371 g/mol. The molecule has 7 heteroatoms. The molecule has 0 saturated carbocycles. The molecular formula is C19H21N3O3S. The molecule has 0 bridgehead atoms. The van der Waals surface area contributed by atoms with E-state index < -0.39 is 0 Å². The Balaban J connectivity index is 1.49. The highest BCUT2D eigenvalue weighted by Gasteiger charge is 2.24. The molecule has 0 aromatic carbocycles. The Morgan fingerprint density at radius 3 is 3.15 bits per heavy atom. The Morgan fingerprint density at radius 1 is 1.46 bits per heavy atom. The lowest BCUT2D eigenvalue weighted by molar-refractivity contribution is -0.132. The van der Waals surface area contributed by atoms with Crippen molar-refractivity contribution in [1.29, 1.82) is 0 Å². The lowest BCUT2D eigenvalue weighted by Gasteiger charge is -2.18. The Labute approximate surface area is 155 Å². The molecule has 0 radical (unpaired) electrons. The zero-order valence-electron chi connectivity index (χ0n) is 14.9. The van der Waals surface area contributed by atoms with E-state index in [1.165, 1.54) is 16.8 Å². The van der Waals surface area contributed by atoms with Crippen molar-refractivity contribution >= 4 is 27.5 Å². The molecule has 6 nitrogen and oxygen atoms in total. The zero-order chi connectivity index (χ0) is 18.1.